The second kappa shape index (κ2) is 10.0. The topological polar surface area (TPSA) is 84.5 Å². The van der Waals surface area contributed by atoms with Gasteiger partial charge in [-0.25, -0.2) is 4.68 Å². The monoisotopic (exact) mass is 471 g/mol. The van der Waals surface area contributed by atoms with Gasteiger partial charge in [-0.05, 0) is 86.1 Å². The van der Waals surface area contributed by atoms with Crippen molar-refractivity contribution in [2.24, 2.45) is 11.1 Å². The number of aromatic nitrogens is 2. The van der Waals surface area contributed by atoms with Gasteiger partial charge in [-0.15, -0.1) is 0 Å². The van der Waals surface area contributed by atoms with E-state index < -0.39 is 0 Å². The van der Waals surface area contributed by atoms with Crippen molar-refractivity contribution in [3.63, 3.8) is 0 Å². The summed E-state index contributed by atoms with van der Waals surface area (Å²) in [5.41, 5.74) is 9.46. The van der Waals surface area contributed by atoms with Gasteiger partial charge in [-0.2, -0.15) is 5.10 Å². The average molecular weight is 472 g/mol. The van der Waals surface area contributed by atoms with E-state index in [1.807, 2.05) is 40.0 Å². The molecular formula is C28H33N5O2. The maximum atomic E-state index is 12.9. The summed E-state index contributed by atoms with van der Waals surface area (Å²) in [7, 11) is 0. The Hall–Kier alpha value is -3.45. The van der Waals surface area contributed by atoms with Gasteiger partial charge in [0, 0.05) is 37.5 Å². The smallest absolute Gasteiger partial charge is 0.248 e. The van der Waals surface area contributed by atoms with E-state index >= 15 is 0 Å². The number of benzene rings is 2. The van der Waals surface area contributed by atoms with Gasteiger partial charge in [0.25, 0.3) is 0 Å². The molecule has 0 radical (unpaired) electrons. The molecule has 2 N–H and O–H groups in total. The van der Waals surface area contributed by atoms with Crippen molar-refractivity contribution in [1.82, 2.24) is 19.6 Å². The molecule has 2 aliphatic heterocycles. The number of amides is 2. The van der Waals surface area contributed by atoms with Crippen molar-refractivity contribution in [2.45, 2.75) is 38.6 Å². The minimum Gasteiger partial charge on any atom is -0.366 e. The number of nitrogens with two attached hydrogens (primary N) is 1. The highest BCUT2D eigenvalue weighted by Gasteiger charge is 2.44. The highest BCUT2D eigenvalue weighted by molar-refractivity contribution is 5.94. The van der Waals surface area contributed by atoms with E-state index in [0.29, 0.717) is 18.5 Å². The summed E-state index contributed by atoms with van der Waals surface area (Å²) >= 11 is 0. The quantitative estimate of drug-likeness (QED) is 0.546. The van der Waals surface area contributed by atoms with Crippen molar-refractivity contribution in [2.75, 3.05) is 26.2 Å². The van der Waals surface area contributed by atoms with E-state index in [9.17, 15) is 9.59 Å². The van der Waals surface area contributed by atoms with Crippen LogP contribution in [0.4, 0.5) is 0 Å². The fourth-order valence-corrected chi connectivity index (χ4v) is 5.58. The number of carbonyl (C=O) groups excluding carboxylic acids is 2. The van der Waals surface area contributed by atoms with Crippen LogP contribution in [0.15, 0.2) is 67.0 Å². The number of carbonyl (C=O) groups is 2. The molecule has 5 rings (SSSR count). The normalized spacial score (nSPS) is 17.8. The van der Waals surface area contributed by atoms with Crippen LogP contribution in [-0.2, 0) is 17.8 Å². The molecule has 2 fully saturated rings. The summed E-state index contributed by atoms with van der Waals surface area (Å²) in [5, 5.41) is 4.27. The molecule has 1 spiro atoms. The van der Waals surface area contributed by atoms with Crippen molar-refractivity contribution in [3.05, 3.63) is 83.7 Å². The molecule has 0 atom stereocenters. The number of piperidine rings is 1. The third-order valence-corrected chi connectivity index (χ3v) is 7.60. The van der Waals surface area contributed by atoms with Gasteiger partial charge in [-0.1, -0.05) is 30.3 Å². The summed E-state index contributed by atoms with van der Waals surface area (Å²) in [6.45, 7) is 4.58. The first-order valence-electron chi connectivity index (χ1n) is 12.5. The summed E-state index contributed by atoms with van der Waals surface area (Å²) in [6.07, 6.45) is 8.33. The van der Waals surface area contributed by atoms with Crippen LogP contribution >= 0.6 is 0 Å². The summed E-state index contributed by atoms with van der Waals surface area (Å²) < 4.78 is 1.84. The molecule has 3 heterocycles. The van der Waals surface area contributed by atoms with Gasteiger partial charge in [0.1, 0.15) is 0 Å². The third-order valence-electron chi connectivity index (χ3n) is 7.60. The Morgan fingerprint density at radius 1 is 1.03 bits per heavy atom. The van der Waals surface area contributed by atoms with Crippen molar-refractivity contribution in [1.29, 1.82) is 0 Å². The highest BCUT2D eigenvalue weighted by atomic mass is 16.2. The first-order valence-corrected chi connectivity index (χ1v) is 12.5. The molecule has 2 saturated heterocycles. The van der Waals surface area contributed by atoms with Crippen LogP contribution in [-0.4, -0.2) is 57.6 Å². The van der Waals surface area contributed by atoms with Crippen molar-refractivity contribution >= 4 is 11.8 Å². The minimum absolute atomic E-state index is 0.112. The fraction of sp³-hybridized carbons (Fsp3) is 0.393. The van der Waals surface area contributed by atoms with Gasteiger partial charge in [0.2, 0.25) is 11.8 Å². The summed E-state index contributed by atoms with van der Waals surface area (Å²) in [5.74, 6) is -0.0810. The Balaban J connectivity index is 1.10. The number of aryl methyl sites for hydroxylation is 1. The van der Waals surface area contributed by atoms with Crippen LogP contribution in [0.2, 0.25) is 0 Å². The lowest BCUT2D eigenvalue weighted by atomic mass is 9.77. The Bertz CT molecular complexity index is 1160. The Kier molecular flexibility index (Phi) is 6.68. The predicted molar refractivity (Wildman–Crippen MR) is 135 cm³/mol. The molecule has 3 aromatic rings. The Labute approximate surface area is 206 Å². The molecule has 0 bridgehead atoms. The molecule has 0 aliphatic carbocycles. The standard InChI is InChI=1S/C28H33N5O2/c29-27(35)25-7-2-1-5-23(25)6-3-15-31-17-12-28(13-18-31)19-26(34)32(21-28)20-22-8-10-24(11-9-22)33-16-4-14-30-33/h1-2,4-5,7-11,14,16H,3,6,12-13,15,17-21H2,(H2,29,35). The Morgan fingerprint density at radius 3 is 2.51 bits per heavy atom. The predicted octanol–water partition coefficient (Wildman–Crippen LogP) is 3.42. The van der Waals surface area contributed by atoms with Gasteiger partial charge < -0.3 is 15.5 Å². The van der Waals surface area contributed by atoms with Crippen molar-refractivity contribution < 1.29 is 9.59 Å². The second-order valence-corrected chi connectivity index (χ2v) is 10.0. The maximum absolute atomic E-state index is 12.9. The zero-order valence-electron chi connectivity index (χ0n) is 20.1. The first kappa shape index (κ1) is 23.3. The van der Waals surface area contributed by atoms with E-state index in [4.69, 9.17) is 5.73 Å². The molecule has 0 saturated carbocycles. The highest BCUT2D eigenvalue weighted by Crippen LogP contribution is 2.41. The molecule has 0 unspecified atom stereocenters. The number of nitrogens with zero attached hydrogens (tertiary/aromatic N) is 4. The zero-order valence-corrected chi connectivity index (χ0v) is 20.1. The molecule has 2 aromatic carbocycles. The molecule has 2 amide bonds. The second-order valence-electron chi connectivity index (χ2n) is 10.0. The average Bonchev–Trinajstić information content (AvgIpc) is 3.50. The third kappa shape index (κ3) is 5.30. The van der Waals surface area contributed by atoms with Gasteiger partial charge in [-0.3, -0.25) is 9.59 Å². The number of primary amides is 1. The van der Waals surface area contributed by atoms with Crippen LogP contribution < -0.4 is 5.73 Å². The van der Waals surface area contributed by atoms with E-state index in [2.05, 4.69) is 34.3 Å². The molecule has 2 aliphatic rings. The van der Waals surface area contributed by atoms with Gasteiger partial charge >= 0.3 is 0 Å². The van der Waals surface area contributed by atoms with Gasteiger partial charge in [0.15, 0.2) is 0 Å². The largest absolute Gasteiger partial charge is 0.366 e. The summed E-state index contributed by atoms with van der Waals surface area (Å²) in [4.78, 5) is 29.0. The van der Waals surface area contributed by atoms with Crippen LogP contribution in [0.5, 0.6) is 0 Å². The van der Waals surface area contributed by atoms with Crippen LogP contribution in [0.25, 0.3) is 5.69 Å². The lowest BCUT2D eigenvalue weighted by molar-refractivity contribution is -0.128. The van der Waals surface area contributed by atoms with Crippen LogP contribution in [0.3, 0.4) is 0 Å². The Morgan fingerprint density at radius 2 is 1.80 bits per heavy atom. The van der Waals surface area contributed by atoms with Crippen molar-refractivity contribution in [3.8, 4) is 5.69 Å². The molecule has 1 aromatic heterocycles. The molecule has 182 valence electrons. The number of hydrogen-bond acceptors (Lipinski definition) is 4. The fourth-order valence-electron chi connectivity index (χ4n) is 5.58. The van der Waals surface area contributed by atoms with E-state index in [0.717, 1.165) is 68.7 Å². The SMILES string of the molecule is NC(=O)c1ccccc1CCCN1CCC2(CC1)CC(=O)N(Cc1ccc(-n3cccn3)cc1)C2. The first-order chi connectivity index (χ1) is 17.0. The maximum Gasteiger partial charge on any atom is 0.248 e. The summed E-state index contributed by atoms with van der Waals surface area (Å²) in [6, 6.07) is 17.8. The molecule has 35 heavy (non-hydrogen) atoms. The van der Waals surface area contributed by atoms with E-state index in [1.54, 1.807) is 12.3 Å². The lowest BCUT2D eigenvalue weighted by Crippen LogP contribution is -2.42. The number of rotatable bonds is 8. The number of likely N-dealkylation sites (tertiary alicyclic amines) is 2. The molecule has 7 heteroatoms. The lowest BCUT2D eigenvalue weighted by Gasteiger charge is -2.39. The zero-order chi connectivity index (χ0) is 24.3. The van der Waals surface area contributed by atoms with Crippen LogP contribution in [0, 0.1) is 5.41 Å². The van der Waals surface area contributed by atoms with E-state index in [-0.39, 0.29) is 17.2 Å². The van der Waals surface area contributed by atoms with Gasteiger partial charge in [0.05, 0.1) is 5.69 Å². The minimum atomic E-state index is -0.357. The molecular weight excluding hydrogens is 438 g/mol. The van der Waals surface area contributed by atoms with E-state index in [1.165, 1.54) is 0 Å². The van der Waals surface area contributed by atoms with Crippen LogP contribution in [0.1, 0.15) is 47.2 Å². The molecule has 7 nitrogen and oxygen atoms in total. The number of hydrogen-bond donors (Lipinski definition) is 1.